The molecule has 0 saturated heterocycles. The average molecular weight is 462 g/mol. The Labute approximate surface area is 184 Å². The molecule has 1 amide bonds. The van der Waals surface area contributed by atoms with Crippen LogP contribution in [0.1, 0.15) is 28.4 Å². The van der Waals surface area contributed by atoms with Crippen LogP contribution in [0.4, 0.5) is 24.5 Å². The van der Waals surface area contributed by atoms with E-state index in [-0.39, 0.29) is 5.56 Å². The highest BCUT2D eigenvalue weighted by molar-refractivity contribution is 5.98. The molecule has 1 unspecified atom stereocenters. The summed E-state index contributed by atoms with van der Waals surface area (Å²) in [7, 11) is 0. The predicted octanol–water partition coefficient (Wildman–Crippen LogP) is 4.04. The van der Waals surface area contributed by atoms with E-state index in [9.17, 15) is 32.9 Å². The van der Waals surface area contributed by atoms with E-state index < -0.39 is 46.0 Å². The lowest BCUT2D eigenvalue weighted by atomic mass is 10.1. The number of non-ortho nitro benzene ring substituents is 1. The molecule has 9 nitrogen and oxygen atoms in total. The third kappa shape index (κ3) is 5.93. The fourth-order valence-corrected chi connectivity index (χ4v) is 2.83. The number of carbonyl (C=O) groups is 2. The zero-order valence-electron chi connectivity index (χ0n) is 17.1. The number of halogens is 3. The maximum absolute atomic E-state index is 13.3. The van der Waals surface area contributed by atoms with Crippen molar-refractivity contribution in [1.82, 2.24) is 9.78 Å². The van der Waals surface area contributed by atoms with Crippen LogP contribution >= 0.6 is 0 Å². The Morgan fingerprint density at radius 3 is 2.48 bits per heavy atom. The van der Waals surface area contributed by atoms with Gasteiger partial charge in [-0.25, -0.2) is 4.79 Å². The molecular formula is C21H17F3N4O5. The largest absolute Gasteiger partial charge is 0.449 e. The predicted molar refractivity (Wildman–Crippen MR) is 109 cm³/mol. The highest BCUT2D eigenvalue weighted by Crippen LogP contribution is 2.37. The van der Waals surface area contributed by atoms with Crippen molar-refractivity contribution in [2.75, 3.05) is 5.32 Å². The average Bonchev–Trinajstić information content (AvgIpc) is 3.26. The first-order chi connectivity index (χ1) is 15.5. The van der Waals surface area contributed by atoms with Crippen molar-refractivity contribution >= 4 is 23.3 Å². The van der Waals surface area contributed by atoms with Crippen LogP contribution in [0.2, 0.25) is 0 Å². The van der Waals surface area contributed by atoms with E-state index in [0.29, 0.717) is 12.6 Å². The molecule has 1 aromatic heterocycles. The lowest BCUT2D eigenvalue weighted by Crippen LogP contribution is -2.30. The number of esters is 1. The summed E-state index contributed by atoms with van der Waals surface area (Å²) in [6, 6.07) is 10.0. The number of nitro benzene ring substituents is 1. The molecule has 0 aliphatic heterocycles. The molecule has 0 fully saturated rings. The molecule has 1 heterocycles. The molecule has 1 N–H and O–H groups in total. The molecule has 0 saturated carbocycles. The first-order valence-electron chi connectivity index (χ1n) is 9.48. The second-order valence-electron chi connectivity index (χ2n) is 6.92. The van der Waals surface area contributed by atoms with Crippen LogP contribution in [0.15, 0.2) is 60.9 Å². The summed E-state index contributed by atoms with van der Waals surface area (Å²) in [5.74, 6) is -1.87. The van der Waals surface area contributed by atoms with Crippen molar-refractivity contribution in [2.45, 2.75) is 25.7 Å². The molecule has 3 rings (SSSR count). The van der Waals surface area contributed by atoms with Gasteiger partial charge in [-0.1, -0.05) is 12.1 Å². The van der Waals surface area contributed by atoms with Crippen molar-refractivity contribution in [3.05, 3.63) is 87.7 Å². The van der Waals surface area contributed by atoms with Gasteiger partial charge in [0.25, 0.3) is 11.6 Å². The lowest BCUT2D eigenvalue weighted by molar-refractivity contribution is -0.385. The number of nitrogens with one attached hydrogen (secondary N) is 1. The van der Waals surface area contributed by atoms with Gasteiger partial charge in [0, 0.05) is 24.5 Å². The third-order valence-electron chi connectivity index (χ3n) is 4.52. The van der Waals surface area contributed by atoms with Crippen molar-refractivity contribution < 1.29 is 32.4 Å². The smallest absolute Gasteiger partial charge is 0.418 e. The van der Waals surface area contributed by atoms with E-state index in [0.717, 1.165) is 17.7 Å². The number of alkyl halides is 3. The van der Waals surface area contributed by atoms with E-state index >= 15 is 0 Å². The summed E-state index contributed by atoms with van der Waals surface area (Å²) < 4.78 is 46.5. The molecule has 1 atom stereocenters. The van der Waals surface area contributed by atoms with E-state index in [1.165, 1.54) is 19.1 Å². The Morgan fingerprint density at radius 2 is 1.91 bits per heavy atom. The summed E-state index contributed by atoms with van der Waals surface area (Å²) >= 11 is 0. The normalized spacial score (nSPS) is 12.1. The third-order valence-corrected chi connectivity index (χ3v) is 4.52. The Balaban J connectivity index is 1.66. The highest BCUT2D eigenvalue weighted by atomic mass is 19.4. The van der Waals surface area contributed by atoms with Crippen molar-refractivity contribution in [2.24, 2.45) is 0 Å². The van der Waals surface area contributed by atoms with Crippen LogP contribution < -0.4 is 5.32 Å². The van der Waals surface area contributed by atoms with Crippen LogP contribution in [-0.2, 0) is 22.3 Å². The Hall–Kier alpha value is -4.22. The zero-order chi connectivity index (χ0) is 24.2. The molecular weight excluding hydrogens is 445 g/mol. The van der Waals surface area contributed by atoms with Gasteiger partial charge in [0.05, 0.1) is 28.3 Å². The zero-order valence-corrected chi connectivity index (χ0v) is 17.1. The van der Waals surface area contributed by atoms with Gasteiger partial charge >= 0.3 is 12.1 Å². The number of amides is 1. The summed E-state index contributed by atoms with van der Waals surface area (Å²) in [6.07, 6.45) is -2.98. The minimum atomic E-state index is -4.95. The Kier molecular flexibility index (Phi) is 6.75. The van der Waals surface area contributed by atoms with Gasteiger partial charge in [0.15, 0.2) is 6.10 Å². The summed E-state index contributed by atoms with van der Waals surface area (Å²) in [6.45, 7) is 1.68. The van der Waals surface area contributed by atoms with Gasteiger partial charge in [-0.05, 0) is 36.8 Å². The molecule has 0 spiro atoms. The molecule has 0 aliphatic carbocycles. The van der Waals surface area contributed by atoms with Crippen molar-refractivity contribution in [3.63, 3.8) is 0 Å². The fraction of sp³-hybridized carbons (Fsp3) is 0.190. The van der Waals surface area contributed by atoms with E-state index in [1.807, 2.05) is 5.32 Å². The number of ether oxygens (including phenoxy) is 1. The van der Waals surface area contributed by atoms with E-state index in [2.05, 4.69) is 5.10 Å². The SMILES string of the molecule is CC(OC(=O)c1ccc(Cn2cccn2)cc1)C(=O)Nc1ccc([N+](=O)[O-])cc1C(F)(F)F. The molecule has 3 aromatic rings. The van der Waals surface area contributed by atoms with E-state index in [4.69, 9.17) is 4.74 Å². The minimum absolute atomic E-state index is 0.144. The fourth-order valence-electron chi connectivity index (χ4n) is 2.83. The van der Waals surface area contributed by atoms with Crippen molar-refractivity contribution in [1.29, 1.82) is 0 Å². The van der Waals surface area contributed by atoms with Gasteiger partial charge in [-0.15, -0.1) is 0 Å². The topological polar surface area (TPSA) is 116 Å². The van der Waals surface area contributed by atoms with E-state index in [1.54, 1.807) is 35.3 Å². The second-order valence-corrected chi connectivity index (χ2v) is 6.92. The van der Waals surface area contributed by atoms with Crippen LogP contribution in [-0.4, -0.2) is 32.7 Å². The lowest BCUT2D eigenvalue weighted by Gasteiger charge is -2.17. The van der Waals surface area contributed by atoms with Gasteiger partial charge in [0.2, 0.25) is 0 Å². The molecule has 0 radical (unpaired) electrons. The minimum Gasteiger partial charge on any atom is -0.449 e. The maximum Gasteiger partial charge on any atom is 0.418 e. The Morgan fingerprint density at radius 1 is 1.21 bits per heavy atom. The quantitative estimate of drug-likeness (QED) is 0.322. The van der Waals surface area contributed by atoms with Gasteiger partial charge < -0.3 is 10.1 Å². The number of carbonyl (C=O) groups excluding carboxylic acids is 2. The summed E-state index contributed by atoms with van der Waals surface area (Å²) in [5, 5.41) is 16.8. The molecule has 2 aromatic carbocycles. The van der Waals surface area contributed by atoms with Crippen molar-refractivity contribution in [3.8, 4) is 0 Å². The number of rotatable bonds is 7. The summed E-state index contributed by atoms with van der Waals surface area (Å²) in [4.78, 5) is 34.4. The number of nitrogens with zero attached hydrogens (tertiary/aromatic N) is 3. The standard InChI is InChI=1S/C21H17F3N4O5/c1-13(19(29)26-18-8-7-16(28(31)32)11-17(18)21(22,23)24)33-20(30)15-5-3-14(4-6-15)12-27-10-2-9-25-27/h2-11,13H,12H2,1H3,(H,26,29). The van der Waals surface area contributed by atoms with Crippen LogP contribution in [0.3, 0.4) is 0 Å². The molecule has 33 heavy (non-hydrogen) atoms. The van der Waals surface area contributed by atoms with Crippen LogP contribution in [0.25, 0.3) is 0 Å². The number of aromatic nitrogens is 2. The highest BCUT2D eigenvalue weighted by Gasteiger charge is 2.36. The second kappa shape index (κ2) is 9.51. The summed E-state index contributed by atoms with van der Waals surface area (Å²) in [5.41, 5.74) is -1.86. The first-order valence-corrected chi connectivity index (χ1v) is 9.48. The molecule has 0 bridgehead atoms. The monoisotopic (exact) mass is 462 g/mol. The van der Waals surface area contributed by atoms with Crippen LogP contribution in [0, 0.1) is 10.1 Å². The maximum atomic E-state index is 13.3. The number of anilines is 1. The molecule has 172 valence electrons. The Bertz CT molecular complexity index is 1160. The first kappa shape index (κ1) is 23.4. The number of hydrogen-bond acceptors (Lipinski definition) is 6. The number of benzene rings is 2. The van der Waals surface area contributed by atoms with Gasteiger partial charge in [-0.2, -0.15) is 18.3 Å². The number of nitro groups is 1. The van der Waals surface area contributed by atoms with Gasteiger partial charge in [0.1, 0.15) is 0 Å². The molecule has 0 aliphatic rings. The molecule has 12 heteroatoms. The van der Waals surface area contributed by atoms with Crippen LogP contribution in [0.5, 0.6) is 0 Å². The van der Waals surface area contributed by atoms with Gasteiger partial charge in [-0.3, -0.25) is 19.6 Å². The number of hydrogen-bond donors (Lipinski definition) is 1.